The Kier molecular flexibility index (Phi) is 4.51. The number of carbonyl (C=O) groups excluding carboxylic acids is 1. The van der Waals surface area contributed by atoms with E-state index in [1.54, 1.807) is 0 Å². The van der Waals surface area contributed by atoms with Gasteiger partial charge in [0.1, 0.15) is 0 Å². The van der Waals surface area contributed by atoms with E-state index in [2.05, 4.69) is 12.2 Å². The molecule has 0 bridgehead atoms. The zero-order chi connectivity index (χ0) is 14.8. The molecule has 1 aromatic carbocycles. The van der Waals surface area contributed by atoms with Crippen LogP contribution in [-0.4, -0.2) is 25.5 Å². The van der Waals surface area contributed by atoms with E-state index < -0.39 is 0 Å². The highest BCUT2D eigenvalue weighted by atomic mass is 35.5. The molecule has 1 N–H and O–H groups in total. The van der Waals surface area contributed by atoms with Crippen molar-refractivity contribution in [2.75, 3.05) is 24.5 Å². The molecule has 0 saturated carbocycles. The number of fused-ring (bicyclic) bond motifs is 1. The molecule has 1 amide bonds. The average molecular weight is 307 g/mol. The first-order valence-corrected chi connectivity index (χ1v) is 8.32. The van der Waals surface area contributed by atoms with Crippen LogP contribution in [0.3, 0.4) is 0 Å². The molecule has 2 heterocycles. The number of nitrogens with one attached hydrogen (secondary N) is 1. The quantitative estimate of drug-likeness (QED) is 0.929. The third-order valence-electron chi connectivity index (χ3n) is 4.93. The maximum atomic E-state index is 12.6. The number of piperidine rings is 1. The second-order valence-electron chi connectivity index (χ2n) is 6.34. The van der Waals surface area contributed by atoms with Crippen molar-refractivity contribution in [1.82, 2.24) is 5.32 Å². The summed E-state index contributed by atoms with van der Waals surface area (Å²) in [6.07, 6.45) is 3.98. The van der Waals surface area contributed by atoms with Gasteiger partial charge in [-0.15, -0.1) is 0 Å². The molecule has 0 radical (unpaired) electrons. The van der Waals surface area contributed by atoms with Crippen LogP contribution in [0.25, 0.3) is 0 Å². The SMILES string of the molecule is CC(CC(=O)N1CCc2ccc(Cl)cc21)C1CCNCC1. The van der Waals surface area contributed by atoms with Gasteiger partial charge >= 0.3 is 0 Å². The summed E-state index contributed by atoms with van der Waals surface area (Å²) >= 11 is 6.08. The summed E-state index contributed by atoms with van der Waals surface area (Å²) in [6.45, 7) is 5.20. The lowest BCUT2D eigenvalue weighted by Gasteiger charge is -2.29. The number of benzene rings is 1. The lowest BCUT2D eigenvalue weighted by Crippen LogP contribution is -2.35. The molecule has 1 atom stereocenters. The van der Waals surface area contributed by atoms with Gasteiger partial charge in [-0.25, -0.2) is 0 Å². The van der Waals surface area contributed by atoms with Gasteiger partial charge in [-0.1, -0.05) is 24.6 Å². The van der Waals surface area contributed by atoms with Crippen LogP contribution in [0.4, 0.5) is 5.69 Å². The van der Waals surface area contributed by atoms with Crippen LogP contribution in [0.5, 0.6) is 0 Å². The summed E-state index contributed by atoms with van der Waals surface area (Å²) in [5.74, 6) is 1.39. The van der Waals surface area contributed by atoms with Crippen molar-refractivity contribution in [3.8, 4) is 0 Å². The Hall–Kier alpha value is -1.06. The fraction of sp³-hybridized carbons (Fsp3) is 0.588. The van der Waals surface area contributed by atoms with Crippen molar-refractivity contribution in [1.29, 1.82) is 0 Å². The van der Waals surface area contributed by atoms with Crippen LogP contribution in [0, 0.1) is 11.8 Å². The van der Waals surface area contributed by atoms with Crippen molar-refractivity contribution < 1.29 is 4.79 Å². The van der Waals surface area contributed by atoms with Gasteiger partial charge in [-0.05, 0) is 61.9 Å². The maximum Gasteiger partial charge on any atom is 0.227 e. The Morgan fingerprint density at radius 3 is 2.95 bits per heavy atom. The normalized spacial score (nSPS) is 20.4. The van der Waals surface area contributed by atoms with E-state index in [1.807, 2.05) is 23.1 Å². The molecule has 0 spiro atoms. The Morgan fingerprint density at radius 2 is 2.19 bits per heavy atom. The Balaban J connectivity index is 1.65. The van der Waals surface area contributed by atoms with Crippen molar-refractivity contribution in [2.24, 2.45) is 11.8 Å². The summed E-state index contributed by atoms with van der Waals surface area (Å²) in [7, 11) is 0. The smallest absolute Gasteiger partial charge is 0.227 e. The van der Waals surface area contributed by atoms with Crippen LogP contribution in [-0.2, 0) is 11.2 Å². The molecule has 114 valence electrons. The van der Waals surface area contributed by atoms with Crippen LogP contribution in [0.1, 0.15) is 31.7 Å². The van der Waals surface area contributed by atoms with E-state index in [4.69, 9.17) is 11.6 Å². The fourth-order valence-corrected chi connectivity index (χ4v) is 3.74. The predicted molar refractivity (Wildman–Crippen MR) is 86.9 cm³/mol. The van der Waals surface area contributed by atoms with Gasteiger partial charge in [0.05, 0.1) is 0 Å². The van der Waals surface area contributed by atoms with Gasteiger partial charge < -0.3 is 10.2 Å². The van der Waals surface area contributed by atoms with Crippen molar-refractivity contribution in [3.63, 3.8) is 0 Å². The third-order valence-corrected chi connectivity index (χ3v) is 5.16. The molecule has 0 aliphatic carbocycles. The summed E-state index contributed by atoms with van der Waals surface area (Å²) in [5.41, 5.74) is 2.26. The minimum Gasteiger partial charge on any atom is -0.317 e. The molecule has 1 saturated heterocycles. The van der Waals surface area contributed by atoms with Gasteiger partial charge in [0.15, 0.2) is 0 Å². The van der Waals surface area contributed by atoms with Gasteiger partial charge in [-0.2, -0.15) is 0 Å². The lowest BCUT2D eigenvalue weighted by molar-refractivity contribution is -0.119. The molecule has 21 heavy (non-hydrogen) atoms. The molecule has 1 unspecified atom stereocenters. The average Bonchev–Trinajstić information content (AvgIpc) is 2.91. The van der Waals surface area contributed by atoms with Crippen molar-refractivity contribution in [2.45, 2.75) is 32.6 Å². The molecule has 1 aromatic rings. The highest BCUT2D eigenvalue weighted by Gasteiger charge is 2.28. The second kappa shape index (κ2) is 6.37. The van der Waals surface area contributed by atoms with E-state index in [1.165, 1.54) is 18.4 Å². The fourth-order valence-electron chi connectivity index (χ4n) is 3.58. The van der Waals surface area contributed by atoms with Gasteiger partial charge in [-0.3, -0.25) is 4.79 Å². The Bertz CT molecular complexity index is 526. The van der Waals surface area contributed by atoms with Gasteiger partial charge in [0.25, 0.3) is 0 Å². The van der Waals surface area contributed by atoms with E-state index in [0.29, 0.717) is 23.3 Å². The number of carbonyl (C=O) groups is 1. The molecular weight excluding hydrogens is 284 g/mol. The molecule has 1 fully saturated rings. The lowest BCUT2D eigenvalue weighted by atomic mass is 9.84. The van der Waals surface area contributed by atoms with Crippen molar-refractivity contribution >= 4 is 23.2 Å². The van der Waals surface area contributed by atoms with Gasteiger partial charge in [0.2, 0.25) is 5.91 Å². The van der Waals surface area contributed by atoms with Gasteiger partial charge in [0, 0.05) is 23.7 Å². The standard InChI is InChI=1S/C17H23ClN2O/c1-12(13-4-7-19-8-5-13)10-17(21)20-9-6-14-2-3-15(18)11-16(14)20/h2-3,11-13,19H,4-10H2,1H3. The Morgan fingerprint density at radius 1 is 1.43 bits per heavy atom. The van der Waals surface area contributed by atoms with Crippen LogP contribution < -0.4 is 10.2 Å². The number of hydrogen-bond donors (Lipinski definition) is 1. The maximum absolute atomic E-state index is 12.6. The number of amides is 1. The summed E-state index contributed by atoms with van der Waals surface area (Å²) in [4.78, 5) is 14.6. The molecule has 3 rings (SSSR count). The number of rotatable bonds is 3. The summed E-state index contributed by atoms with van der Waals surface area (Å²) in [5, 5.41) is 4.10. The zero-order valence-electron chi connectivity index (χ0n) is 12.6. The van der Waals surface area contributed by atoms with Crippen LogP contribution in [0.2, 0.25) is 5.02 Å². The topological polar surface area (TPSA) is 32.3 Å². The first-order valence-electron chi connectivity index (χ1n) is 7.94. The van der Waals surface area contributed by atoms with Crippen molar-refractivity contribution in [3.05, 3.63) is 28.8 Å². The largest absolute Gasteiger partial charge is 0.317 e. The number of hydrogen-bond acceptors (Lipinski definition) is 2. The first kappa shape index (κ1) is 14.9. The van der Waals surface area contributed by atoms with E-state index in [0.717, 1.165) is 31.7 Å². The van der Waals surface area contributed by atoms with Crippen LogP contribution >= 0.6 is 11.6 Å². The minimum absolute atomic E-state index is 0.252. The summed E-state index contributed by atoms with van der Waals surface area (Å²) < 4.78 is 0. The van der Waals surface area contributed by atoms with E-state index in [-0.39, 0.29) is 5.91 Å². The molecule has 2 aliphatic rings. The molecule has 4 heteroatoms. The number of nitrogens with zero attached hydrogens (tertiary/aromatic N) is 1. The first-order chi connectivity index (χ1) is 10.1. The Labute approximate surface area is 131 Å². The van der Waals surface area contributed by atoms with E-state index in [9.17, 15) is 4.79 Å². The monoisotopic (exact) mass is 306 g/mol. The molecular formula is C17H23ClN2O. The number of anilines is 1. The number of halogens is 1. The predicted octanol–water partition coefficient (Wildman–Crippen LogP) is 3.25. The highest BCUT2D eigenvalue weighted by Crippen LogP contribution is 2.33. The highest BCUT2D eigenvalue weighted by molar-refractivity contribution is 6.31. The minimum atomic E-state index is 0.252. The summed E-state index contributed by atoms with van der Waals surface area (Å²) in [6, 6.07) is 5.88. The second-order valence-corrected chi connectivity index (χ2v) is 6.77. The molecule has 0 aromatic heterocycles. The third kappa shape index (κ3) is 3.24. The zero-order valence-corrected chi connectivity index (χ0v) is 13.3. The van der Waals surface area contributed by atoms with Crippen LogP contribution in [0.15, 0.2) is 18.2 Å². The molecule has 2 aliphatic heterocycles. The molecule has 3 nitrogen and oxygen atoms in total. The van der Waals surface area contributed by atoms with E-state index >= 15 is 0 Å².